The van der Waals surface area contributed by atoms with Crippen LogP contribution in [-0.4, -0.2) is 20.0 Å². The predicted octanol–water partition coefficient (Wildman–Crippen LogP) is 5.85. The normalized spacial score (nSPS) is 19.2. The van der Waals surface area contributed by atoms with Gasteiger partial charge in [-0.25, -0.2) is 0 Å². The van der Waals surface area contributed by atoms with Crippen molar-refractivity contribution in [3.05, 3.63) is 9.66 Å². The average molecular weight is 394 g/mol. The van der Waals surface area contributed by atoms with E-state index in [0.29, 0.717) is 12.9 Å². The first-order valence-electron chi connectivity index (χ1n) is 8.23. The molecular formula is C17H31IO2. The summed E-state index contributed by atoms with van der Waals surface area (Å²) in [5.41, 5.74) is 0. The molecule has 1 aliphatic rings. The van der Waals surface area contributed by atoms with Crippen molar-refractivity contribution in [2.45, 2.75) is 77.2 Å². The van der Waals surface area contributed by atoms with Crippen LogP contribution in [0.2, 0.25) is 0 Å². The molecule has 118 valence electrons. The Morgan fingerprint density at radius 3 is 2.65 bits per heavy atom. The molecule has 0 aliphatic heterocycles. The van der Waals surface area contributed by atoms with E-state index in [0.717, 1.165) is 12.3 Å². The molecule has 2 nitrogen and oxygen atoms in total. The van der Waals surface area contributed by atoms with E-state index in [9.17, 15) is 0 Å². The Hall–Kier alpha value is 0.390. The van der Waals surface area contributed by atoms with Gasteiger partial charge >= 0.3 is 0 Å². The quantitative estimate of drug-likeness (QED) is 0.263. The maximum Gasteiger partial charge on any atom is 0.146 e. The molecule has 3 heteroatoms. The van der Waals surface area contributed by atoms with Crippen LogP contribution in [0.4, 0.5) is 0 Å². The topological polar surface area (TPSA) is 18.5 Å². The first kappa shape index (κ1) is 18.4. The van der Waals surface area contributed by atoms with Crippen LogP contribution in [0.25, 0.3) is 0 Å². The van der Waals surface area contributed by atoms with Crippen LogP contribution in [0.1, 0.15) is 71.1 Å². The van der Waals surface area contributed by atoms with Gasteiger partial charge in [0.25, 0.3) is 0 Å². The van der Waals surface area contributed by atoms with Crippen LogP contribution in [0.15, 0.2) is 9.66 Å². The highest BCUT2D eigenvalue weighted by Gasteiger charge is 2.23. The maximum absolute atomic E-state index is 5.94. The molecule has 0 radical (unpaired) electrons. The van der Waals surface area contributed by atoms with Crippen LogP contribution in [-0.2, 0) is 9.47 Å². The molecule has 0 aromatic carbocycles. The van der Waals surface area contributed by atoms with E-state index in [-0.39, 0.29) is 0 Å². The second-order valence-corrected chi connectivity index (χ2v) is 7.24. The van der Waals surface area contributed by atoms with Gasteiger partial charge in [-0.2, -0.15) is 0 Å². The van der Waals surface area contributed by atoms with Gasteiger partial charge in [0.1, 0.15) is 6.79 Å². The minimum Gasteiger partial charge on any atom is -0.359 e. The molecule has 1 unspecified atom stereocenters. The summed E-state index contributed by atoms with van der Waals surface area (Å²) in [6.45, 7) is 2.69. The van der Waals surface area contributed by atoms with Crippen molar-refractivity contribution in [3.63, 3.8) is 0 Å². The average Bonchev–Trinajstić information content (AvgIpc) is 2.48. The van der Waals surface area contributed by atoms with Crippen molar-refractivity contribution in [1.82, 2.24) is 0 Å². The van der Waals surface area contributed by atoms with Crippen LogP contribution in [0.3, 0.4) is 0 Å². The fourth-order valence-electron chi connectivity index (χ4n) is 2.95. The molecule has 0 spiro atoms. The third-order valence-electron chi connectivity index (χ3n) is 4.17. The van der Waals surface area contributed by atoms with Gasteiger partial charge in [-0.15, -0.1) is 0 Å². The van der Waals surface area contributed by atoms with Gasteiger partial charge < -0.3 is 9.47 Å². The fraction of sp³-hybridized carbons (Fsp3) is 0.882. The van der Waals surface area contributed by atoms with Crippen molar-refractivity contribution in [3.8, 4) is 0 Å². The summed E-state index contributed by atoms with van der Waals surface area (Å²) in [5.74, 6) is 0.731. The highest BCUT2D eigenvalue weighted by atomic mass is 127. The number of rotatable bonds is 10. The smallest absolute Gasteiger partial charge is 0.146 e. The van der Waals surface area contributed by atoms with E-state index in [4.69, 9.17) is 9.47 Å². The minimum atomic E-state index is 0.353. The molecule has 0 saturated heterocycles. The number of methoxy groups -OCH3 is 1. The number of unbranched alkanes of at least 4 members (excludes halogenated alkanes) is 2. The minimum absolute atomic E-state index is 0.353. The van der Waals surface area contributed by atoms with Gasteiger partial charge in [0.2, 0.25) is 0 Å². The van der Waals surface area contributed by atoms with Gasteiger partial charge in [-0.3, -0.25) is 0 Å². The van der Waals surface area contributed by atoms with Crippen LogP contribution in [0.5, 0.6) is 0 Å². The second kappa shape index (κ2) is 12.0. The molecular weight excluding hydrogens is 363 g/mol. The zero-order chi connectivity index (χ0) is 14.6. The second-order valence-electron chi connectivity index (χ2n) is 5.85. The van der Waals surface area contributed by atoms with Crippen LogP contribution < -0.4 is 0 Å². The Kier molecular flexibility index (Phi) is 11.1. The number of ether oxygens (including phenoxy) is 2. The summed E-state index contributed by atoms with van der Waals surface area (Å²) in [6, 6.07) is 0. The number of hydrogen-bond donors (Lipinski definition) is 0. The summed E-state index contributed by atoms with van der Waals surface area (Å²) < 4.78 is 12.5. The molecule has 0 amide bonds. The zero-order valence-corrected chi connectivity index (χ0v) is 15.4. The molecule has 0 N–H and O–H groups in total. The van der Waals surface area contributed by atoms with E-state index in [1.54, 1.807) is 7.11 Å². The Balaban J connectivity index is 2.39. The van der Waals surface area contributed by atoms with Crippen molar-refractivity contribution >= 4 is 22.6 Å². The van der Waals surface area contributed by atoms with E-state index < -0.39 is 0 Å². The highest BCUT2D eigenvalue weighted by Crippen LogP contribution is 2.30. The largest absolute Gasteiger partial charge is 0.359 e. The van der Waals surface area contributed by atoms with Crippen molar-refractivity contribution < 1.29 is 9.47 Å². The Morgan fingerprint density at radius 2 is 2.00 bits per heavy atom. The Labute approximate surface area is 138 Å². The molecule has 0 heterocycles. The summed E-state index contributed by atoms with van der Waals surface area (Å²) in [7, 11) is 1.71. The van der Waals surface area contributed by atoms with Crippen LogP contribution >= 0.6 is 22.6 Å². The summed E-state index contributed by atoms with van der Waals surface area (Å²) in [4.78, 5) is 0. The number of halogens is 1. The van der Waals surface area contributed by atoms with Gasteiger partial charge in [0.15, 0.2) is 0 Å². The first-order chi connectivity index (χ1) is 9.77. The maximum atomic E-state index is 5.94. The lowest BCUT2D eigenvalue weighted by atomic mass is 9.84. The molecule has 0 aromatic heterocycles. The van der Waals surface area contributed by atoms with Crippen molar-refractivity contribution in [2.75, 3.05) is 13.9 Å². The van der Waals surface area contributed by atoms with Gasteiger partial charge in [-0.1, -0.05) is 45.1 Å². The Bertz CT molecular complexity index is 260. The van der Waals surface area contributed by atoms with Crippen LogP contribution in [0, 0.1) is 5.92 Å². The molecule has 1 aliphatic carbocycles. The molecule has 1 saturated carbocycles. The third-order valence-corrected chi connectivity index (χ3v) is 5.15. The van der Waals surface area contributed by atoms with Gasteiger partial charge in [0.05, 0.1) is 6.10 Å². The third kappa shape index (κ3) is 7.99. The lowest BCUT2D eigenvalue weighted by molar-refractivity contribution is -0.0944. The molecule has 0 aromatic rings. The molecule has 0 bridgehead atoms. The molecule has 1 atom stereocenters. The van der Waals surface area contributed by atoms with Gasteiger partial charge in [0, 0.05) is 7.11 Å². The van der Waals surface area contributed by atoms with E-state index in [1.165, 1.54) is 61.4 Å². The molecule has 20 heavy (non-hydrogen) atoms. The van der Waals surface area contributed by atoms with E-state index in [2.05, 4.69) is 35.6 Å². The summed E-state index contributed by atoms with van der Waals surface area (Å²) in [5, 5.41) is 0. The summed E-state index contributed by atoms with van der Waals surface area (Å²) >= 11 is 2.50. The molecule has 1 rings (SSSR count). The highest BCUT2D eigenvalue weighted by molar-refractivity contribution is 14.1. The van der Waals surface area contributed by atoms with Crippen molar-refractivity contribution in [1.29, 1.82) is 0 Å². The Morgan fingerprint density at radius 1 is 1.25 bits per heavy atom. The molecule has 1 fully saturated rings. The lowest BCUT2D eigenvalue weighted by Gasteiger charge is -2.29. The van der Waals surface area contributed by atoms with E-state index in [1.807, 2.05) is 0 Å². The standard InChI is InChI=1S/C17H31IO2/c1-3-4-6-11-16(18)12-13-17(20-14-19-2)15-9-7-5-8-10-15/h12,15,17H,3-11,13-14H2,1-2H3/b16-12+. The fourth-order valence-corrected chi connectivity index (χ4v) is 3.58. The summed E-state index contributed by atoms with van der Waals surface area (Å²) in [6.07, 6.45) is 15.8. The predicted molar refractivity (Wildman–Crippen MR) is 94.2 cm³/mol. The number of allylic oxidation sites excluding steroid dienone is 1. The monoisotopic (exact) mass is 394 g/mol. The first-order valence-corrected chi connectivity index (χ1v) is 9.30. The number of hydrogen-bond acceptors (Lipinski definition) is 2. The van der Waals surface area contributed by atoms with Gasteiger partial charge in [-0.05, 0) is 64.2 Å². The lowest BCUT2D eigenvalue weighted by Crippen LogP contribution is -2.26. The SMILES string of the molecule is CCCCC/C(I)=C\CC(OCOC)C1CCCCC1. The van der Waals surface area contributed by atoms with E-state index >= 15 is 0 Å². The van der Waals surface area contributed by atoms with Crippen molar-refractivity contribution in [2.24, 2.45) is 5.92 Å². The zero-order valence-electron chi connectivity index (χ0n) is 13.2.